The zero-order valence-electron chi connectivity index (χ0n) is 28.7. The van der Waals surface area contributed by atoms with Crippen molar-refractivity contribution in [2.75, 3.05) is 26.4 Å². The summed E-state index contributed by atoms with van der Waals surface area (Å²) < 4.78 is 25.2. The van der Waals surface area contributed by atoms with Gasteiger partial charge in [0.05, 0.1) is 6.61 Å². The van der Waals surface area contributed by atoms with Gasteiger partial charge in [-0.15, -0.1) is 0 Å². The predicted octanol–water partition coefficient (Wildman–Crippen LogP) is 11.5. The molecule has 0 aromatic rings. The molecule has 0 saturated carbocycles. The average molecular weight is 613 g/mol. The fourth-order valence-electron chi connectivity index (χ4n) is 5.18. The van der Waals surface area contributed by atoms with Crippen LogP contribution in [-0.2, 0) is 22.8 Å². The Labute approximate surface area is 263 Å². The topological polar surface area (TPSA) is 54.0 Å². The van der Waals surface area contributed by atoms with Gasteiger partial charge in [0.25, 0.3) is 0 Å². The molecule has 0 aliphatic rings. The first-order chi connectivity index (χ1) is 20.6. The molecule has 0 aromatic heterocycles. The van der Waals surface area contributed by atoms with Gasteiger partial charge in [-0.25, -0.2) is 4.79 Å². The van der Waals surface area contributed by atoms with E-state index in [2.05, 4.69) is 20.8 Å². The third-order valence-electron chi connectivity index (χ3n) is 7.88. The molecule has 250 valence electrons. The van der Waals surface area contributed by atoms with E-state index in [1.54, 1.807) is 6.08 Å². The van der Waals surface area contributed by atoms with Gasteiger partial charge in [-0.05, 0) is 39.0 Å². The highest BCUT2D eigenvalue weighted by Crippen LogP contribution is 2.23. The van der Waals surface area contributed by atoms with Gasteiger partial charge in [-0.3, -0.25) is 0 Å². The summed E-state index contributed by atoms with van der Waals surface area (Å²) >= 11 is 0. The van der Waals surface area contributed by atoms with Gasteiger partial charge in [-0.2, -0.15) is 0 Å². The van der Waals surface area contributed by atoms with Crippen molar-refractivity contribution in [3.63, 3.8) is 0 Å². The Balaban J connectivity index is 4.79. The molecule has 0 unspecified atom stereocenters. The van der Waals surface area contributed by atoms with Gasteiger partial charge < -0.3 is 18.0 Å². The third kappa shape index (κ3) is 28.1. The van der Waals surface area contributed by atoms with E-state index in [0.717, 1.165) is 64.4 Å². The minimum absolute atomic E-state index is 0.235. The average Bonchev–Trinajstić information content (AvgIpc) is 2.99. The maximum Gasteiger partial charge on any atom is 0.500 e. The summed E-state index contributed by atoms with van der Waals surface area (Å²) in [4.78, 5) is 11.4. The number of hydrogen-bond donors (Lipinski definition) is 0. The van der Waals surface area contributed by atoms with Crippen LogP contribution in [0.4, 0.5) is 0 Å². The van der Waals surface area contributed by atoms with Crippen LogP contribution in [0.3, 0.4) is 0 Å². The van der Waals surface area contributed by atoms with Gasteiger partial charge in [0.2, 0.25) is 0 Å². The van der Waals surface area contributed by atoms with E-state index in [1.807, 2.05) is 6.92 Å². The second kappa shape index (κ2) is 33.2. The van der Waals surface area contributed by atoms with Crippen LogP contribution in [0, 0.1) is 0 Å². The molecule has 0 aliphatic heterocycles. The highest BCUT2D eigenvalue weighted by molar-refractivity contribution is 6.60. The van der Waals surface area contributed by atoms with Crippen molar-refractivity contribution in [3.8, 4) is 0 Å². The lowest BCUT2D eigenvalue weighted by Crippen LogP contribution is -2.46. The van der Waals surface area contributed by atoms with Crippen LogP contribution < -0.4 is 0 Å². The number of carbonyl (C=O) groups is 1. The Morgan fingerprint density at radius 2 is 0.810 bits per heavy atom. The van der Waals surface area contributed by atoms with Crippen molar-refractivity contribution in [2.45, 2.75) is 188 Å². The van der Waals surface area contributed by atoms with Crippen molar-refractivity contribution >= 4 is 14.8 Å². The van der Waals surface area contributed by atoms with E-state index in [9.17, 15) is 4.79 Å². The summed E-state index contributed by atoms with van der Waals surface area (Å²) in [6.45, 7) is 11.5. The number of unbranched alkanes of at least 4 members (excludes halogenated alkanes) is 20. The van der Waals surface area contributed by atoms with Gasteiger partial charge in [0.1, 0.15) is 0 Å². The lowest BCUT2D eigenvalue weighted by Gasteiger charge is -2.30. The number of hydrogen-bond acceptors (Lipinski definition) is 5. The van der Waals surface area contributed by atoms with Gasteiger partial charge in [-0.1, -0.05) is 149 Å². The number of allylic oxidation sites excluding steroid dienone is 1. The summed E-state index contributed by atoms with van der Waals surface area (Å²) in [5.74, 6) is -0.235. The van der Waals surface area contributed by atoms with Crippen LogP contribution >= 0.6 is 0 Å². The molecule has 0 aromatic carbocycles. The minimum Gasteiger partial charge on any atom is -0.463 e. The molecular weight excluding hydrogens is 540 g/mol. The maximum absolute atomic E-state index is 11.4. The standard InChI is InChI=1S/C36H72O5Si/c1-5-9-12-15-21-26-32-39-42(40-33-27-22-16-13-10-6-2,41-34-28-23-17-14-11-7-3)35-29-24-19-18-20-25-31-38-36(37)30-8-4/h8,30H,5-7,9-29,31-35H2,1-4H3. The van der Waals surface area contributed by atoms with E-state index in [1.165, 1.54) is 122 Å². The van der Waals surface area contributed by atoms with E-state index in [0.29, 0.717) is 6.61 Å². The Morgan fingerprint density at radius 1 is 0.476 bits per heavy atom. The fraction of sp³-hybridized carbons (Fsp3) is 0.917. The van der Waals surface area contributed by atoms with Crippen LogP contribution in [0.1, 0.15) is 182 Å². The molecule has 0 atom stereocenters. The fourth-order valence-corrected chi connectivity index (χ4v) is 7.91. The van der Waals surface area contributed by atoms with Crippen LogP contribution in [0.25, 0.3) is 0 Å². The molecule has 5 nitrogen and oxygen atoms in total. The molecule has 42 heavy (non-hydrogen) atoms. The Morgan fingerprint density at radius 3 is 1.19 bits per heavy atom. The van der Waals surface area contributed by atoms with Gasteiger partial charge >= 0.3 is 14.8 Å². The molecular formula is C36H72O5Si. The molecule has 0 N–H and O–H groups in total. The lowest BCUT2D eigenvalue weighted by atomic mass is 10.1. The molecule has 0 fully saturated rings. The normalized spacial score (nSPS) is 12.0. The molecule has 0 rings (SSSR count). The largest absolute Gasteiger partial charge is 0.500 e. The van der Waals surface area contributed by atoms with Gasteiger partial charge in [0.15, 0.2) is 0 Å². The summed E-state index contributed by atoms with van der Waals surface area (Å²) in [5.41, 5.74) is 0. The van der Waals surface area contributed by atoms with E-state index >= 15 is 0 Å². The predicted molar refractivity (Wildman–Crippen MR) is 182 cm³/mol. The first kappa shape index (κ1) is 41.3. The van der Waals surface area contributed by atoms with Crippen molar-refractivity contribution in [2.24, 2.45) is 0 Å². The lowest BCUT2D eigenvalue weighted by molar-refractivity contribution is -0.137. The summed E-state index contributed by atoms with van der Waals surface area (Å²) in [7, 11) is -2.69. The van der Waals surface area contributed by atoms with Crippen LogP contribution in [-0.4, -0.2) is 41.2 Å². The summed E-state index contributed by atoms with van der Waals surface area (Å²) in [5, 5.41) is 0. The number of esters is 1. The number of ether oxygens (including phenoxy) is 1. The second-order valence-corrected chi connectivity index (χ2v) is 14.8. The monoisotopic (exact) mass is 613 g/mol. The van der Waals surface area contributed by atoms with Gasteiger partial charge in [0, 0.05) is 31.9 Å². The highest BCUT2D eigenvalue weighted by Gasteiger charge is 2.40. The molecule has 0 heterocycles. The Kier molecular flexibility index (Phi) is 32.7. The van der Waals surface area contributed by atoms with Crippen molar-refractivity contribution in [3.05, 3.63) is 12.2 Å². The first-order valence-corrected chi connectivity index (χ1v) is 20.3. The molecule has 0 radical (unpaired) electrons. The highest BCUT2D eigenvalue weighted by atomic mass is 28.4. The first-order valence-electron chi connectivity index (χ1n) is 18.3. The van der Waals surface area contributed by atoms with Crippen molar-refractivity contribution in [1.29, 1.82) is 0 Å². The Hall–Kier alpha value is -0.693. The van der Waals surface area contributed by atoms with E-state index in [-0.39, 0.29) is 5.97 Å². The molecule has 0 saturated heterocycles. The number of carbonyl (C=O) groups excluding carboxylic acids is 1. The molecule has 0 spiro atoms. The SMILES string of the molecule is CC=CC(=O)OCCCCCCCC[Si](OCCCCCCCC)(OCCCCCCCC)OCCCCCCCC. The van der Waals surface area contributed by atoms with Crippen molar-refractivity contribution in [1.82, 2.24) is 0 Å². The molecule has 0 amide bonds. The quantitative estimate of drug-likeness (QED) is 0.0313. The van der Waals surface area contributed by atoms with Crippen LogP contribution in [0.2, 0.25) is 6.04 Å². The zero-order valence-corrected chi connectivity index (χ0v) is 29.7. The summed E-state index contributed by atoms with van der Waals surface area (Å²) in [6.07, 6.45) is 32.7. The third-order valence-corrected chi connectivity index (χ3v) is 10.8. The maximum atomic E-state index is 11.4. The summed E-state index contributed by atoms with van der Waals surface area (Å²) in [6, 6.07) is 0.940. The minimum atomic E-state index is -2.69. The molecule has 0 aliphatic carbocycles. The molecule has 0 bridgehead atoms. The Bertz CT molecular complexity index is 538. The number of rotatable bonds is 34. The van der Waals surface area contributed by atoms with E-state index in [4.69, 9.17) is 18.0 Å². The van der Waals surface area contributed by atoms with E-state index < -0.39 is 8.80 Å². The zero-order chi connectivity index (χ0) is 30.8. The smallest absolute Gasteiger partial charge is 0.463 e. The van der Waals surface area contributed by atoms with Crippen LogP contribution in [0.15, 0.2) is 12.2 Å². The molecule has 6 heteroatoms. The second-order valence-electron chi connectivity index (χ2n) is 12.1. The van der Waals surface area contributed by atoms with Crippen LogP contribution in [0.5, 0.6) is 0 Å². The van der Waals surface area contributed by atoms with Crippen molar-refractivity contribution < 1.29 is 22.8 Å².